The zero-order chi connectivity index (χ0) is 23.0. The molecule has 4 aliphatic rings. The van der Waals surface area contributed by atoms with Gasteiger partial charge in [0.05, 0.1) is 0 Å². The average molecular weight is 448 g/mol. The van der Waals surface area contributed by atoms with E-state index in [1.165, 1.54) is 38.5 Å². The molecule has 4 aliphatic carbocycles. The zero-order valence-corrected chi connectivity index (χ0v) is 20.2. The first-order valence-electron chi connectivity index (χ1n) is 12.7. The monoisotopic (exact) mass is 447 g/mol. The van der Waals surface area contributed by atoms with Crippen LogP contribution in [-0.2, 0) is 4.79 Å². The van der Waals surface area contributed by atoms with E-state index >= 15 is 0 Å². The third-order valence-corrected chi connectivity index (χ3v) is 8.05. The first-order chi connectivity index (χ1) is 15.9. The maximum atomic E-state index is 12.9. The third-order valence-electron chi connectivity index (χ3n) is 8.05. The van der Waals surface area contributed by atoms with Crippen LogP contribution in [0.1, 0.15) is 64.5 Å². The van der Waals surface area contributed by atoms with Crippen LogP contribution < -0.4 is 15.5 Å². The van der Waals surface area contributed by atoms with Crippen LogP contribution in [0.15, 0.2) is 30.3 Å². The lowest BCUT2D eigenvalue weighted by atomic mass is 9.49. The molecule has 4 bridgehead atoms. The molecule has 4 saturated carbocycles. The molecule has 6 heteroatoms. The number of carbonyl (C=O) groups is 1. The fourth-order valence-corrected chi connectivity index (χ4v) is 7.14. The molecule has 6 nitrogen and oxygen atoms in total. The molecule has 0 spiro atoms. The van der Waals surface area contributed by atoms with Crippen LogP contribution in [0.3, 0.4) is 0 Å². The van der Waals surface area contributed by atoms with E-state index in [0.29, 0.717) is 12.4 Å². The van der Waals surface area contributed by atoms with Crippen molar-refractivity contribution in [2.45, 2.75) is 65.7 Å². The highest BCUT2D eigenvalue weighted by atomic mass is 16.1. The number of hydrogen-bond donors (Lipinski definition) is 2. The van der Waals surface area contributed by atoms with E-state index < -0.39 is 0 Å². The van der Waals surface area contributed by atoms with Crippen molar-refractivity contribution in [3.8, 4) is 0 Å². The number of carbonyl (C=O) groups excluding carboxylic acids is 1. The summed E-state index contributed by atoms with van der Waals surface area (Å²) in [6, 6.07) is 9.88. The summed E-state index contributed by atoms with van der Waals surface area (Å²) in [6.45, 7) is 8.06. The average Bonchev–Trinajstić information content (AvgIpc) is 2.74. The van der Waals surface area contributed by atoms with Crippen LogP contribution in [0.25, 0.3) is 0 Å². The molecule has 1 aromatic carbocycles. The summed E-state index contributed by atoms with van der Waals surface area (Å²) < 4.78 is 0. The molecule has 0 unspecified atom stereocenters. The number of amides is 1. The first-order valence-corrected chi connectivity index (χ1v) is 12.7. The van der Waals surface area contributed by atoms with Crippen LogP contribution in [0.4, 0.5) is 23.1 Å². The quantitative estimate of drug-likeness (QED) is 0.526. The predicted octanol–water partition coefficient (Wildman–Crippen LogP) is 5.92. The summed E-state index contributed by atoms with van der Waals surface area (Å²) in [5.74, 6) is 4.32. The van der Waals surface area contributed by atoms with Gasteiger partial charge in [0.1, 0.15) is 5.82 Å². The van der Waals surface area contributed by atoms with E-state index in [-0.39, 0.29) is 11.3 Å². The van der Waals surface area contributed by atoms with E-state index in [1.807, 2.05) is 37.3 Å². The number of hydrogen-bond acceptors (Lipinski definition) is 5. The van der Waals surface area contributed by atoms with Crippen molar-refractivity contribution >= 4 is 29.0 Å². The molecule has 0 atom stereocenters. The number of anilines is 4. The Morgan fingerprint density at radius 2 is 1.55 bits per heavy atom. The van der Waals surface area contributed by atoms with E-state index in [4.69, 9.17) is 0 Å². The lowest BCUT2D eigenvalue weighted by Gasteiger charge is -2.56. The number of nitrogens with one attached hydrogen (secondary N) is 2. The summed E-state index contributed by atoms with van der Waals surface area (Å²) in [5, 5.41) is 6.46. The van der Waals surface area contributed by atoms with Gasteiger partial charge in [0.25, 0.3) is 0 Å². The molecule has 176 valence electrons. The van der Waals surface area contributed by atoms with Gasteiger partial charge in [-0.25, -0.2) is 4.98 Å². The minimum atomic E-state index is 0.170. The lowest BCUT2D eigenvalue weighted by Crippen LogP contribution is -2.47. The summed E-state index contributed by atoms with van der Waals surface area (Å²) in [5.41, 5.74) is 2.96. The minimum absolute atomic E-state index is 0.170. The normalized spacial score (nSPS) is 27.4. The standard InChI is InChI=1S/C27H37N5O/c1-4-32(5-2)24-10-18(3)28-26(31-24)30-23-8-6-22(7-9-23)29-25(33)17-27-14-19-11-20(15-27)13-21(12-19)16-27/h6-10,19-21H,4-5,11-17H2,1-3H3,(H,29,33)(H,28,30,31). The van der Waals surface area contributed by atoms with Gasteiger partial charge in [0, 0.05) is 42.6 Å². The van der Waals surface area contributed by atoms with Gasteiger partial charge >= 0.3 is 0 Å². The highest BCUT2D eigenvalue weighted by Crippen LogP contribution is 2.61. The van der Waals surface area contributed by atoms with Crippen molar-refractivity contribution in [1.82, 2.24) is 9.97 Å². The molecule has 4 fully saturated rings. The Hall–Kier alpha value is -2.63. The van der Waals surface area contributed by atoms with Gasteiger partial charge in [-0.2, -0.15) is 4.98 Å². The van der Waals surface area contributed by atoms with Gasteiger partial charge in [0.15, 0.2) is 0 Å². The molecule has 1 heterocycles. The van der Waals surface area contributed by atoms with Crippen molar-refractivity contribution in [1.29, 1.82) is 0 Å². The smallest absolute Gasteiger partial charge is 0.229 e. The molecule has 6 rings (SSSR count). The second-order valence-electron chi connectivity index (χ2n) is 10.7. The van der Waals surface area contributed by atoms with E-state index in [9.17, 15) is 4.79 Å². The Morgan fingerprint density at radius 3 is 2.12 bits per heavy atom. The fraction of sp³-hybridized carbons (Fsp3) is 0.593. The fourth-order valence-electron chi connectivity index (χ4n) is 7.14. The summed E-state index contributed by atoms with van der Waals surface area (Å²) in [4.78, 5) is 24.3. The largest absolute Gasteiger partial charge is 0.357 e. The second-order valence-corrected chi connectivity index (χ2v) is 10.7. The van der Waals surface area contributed by atoms with Crippen molar-refractivity contribution in [3.05, 3.63) is 36.0 Å². The Morgan fingerprint density at radius 1 is 0.970 bits per heavy atom. The topological polar surface area (TPSA) is 70.2 Å². The molecule has 0 saturated heterocycles. The van der Waals surface area contributed by atoms with Gasteiger partial charge < -0.3 is 15.5 Å². The molecule has 0 aliphatic heterocycles. The van der Waals surface area contributed by atoms with Gasteiger partial charge in [0.2, 0.25) is 11.9 Å². The van der Waals surface area contributed by atoms with E-state index in [0.717, 1.165) is 53.7 Å². The van der Waals surface area contributed by atoms with Crippen molar-refractivity contribution in [3.63, 3.8) is 0 Å². The summed E-state index contributed by atoms with van der Waals surface area (Å²) in [6.07, 6.45) is 8.72. The first kappa shape index (κ1) is 22.2. The second kappa shape index (κ2) is 8.96. The van der Waals surface area contributed by atoms with Crippen LogP contribution in [0.2, 0.25) is 0 Å². The van der Waals surface area contributed by atoms with Crippen LogP contribution in [0.5, 0.6) is 0 Å². The lowest BCUT2D eigenvalue weighted by molar-refractivity contribution is -0.124. The van der Waals surface area contributed by atoms with Crippen molar-refractivity contribution in [2.75, 3.05) is 28.6 Å². The Bertz CT molecular complexity index is 963. The maximum absolute atomic E-state index is 12.9. The number of aryl methyl sites for hydroxylation is 1. The Balaban J connectivity index is 1.20. The number of benzene rings is 1. The molecule has 33 heavy (non-hydrogen) atoms. The molecule has 2 N–H and O–H groups in total. The van der Waals surface area contributed by atoms with Crippen LogP contribution >= 0.6 is 0 Å². The molecular formula is C27H37N5O. The van der Waals surface area contributed by atoms with Gasteiger partial charge in [-0.05, 0) is 107 Å². The molecular weight excluding hydrogens is 410 g/mol. The van der Waals surface area contributed by atoms with Crippen molar-refractivity contribution < 1.29 is 4.79 Å². The van der Waals surface area contributed by atoms with Crippen LogP contribution in [-0.4, -0.2) is 29.0 Å². The molecule has 1 amide bonds. The van der Waals surface area contributed by atoms with Gasteiger partial charge in [-0.1, -0.05) is 0 Å². The van der Waals surface area contributed by atoms with Gasteiger partial charge in [-0.15, -0.1) is 0 Å². The third kappa shape index (κ3) is 4.85. The minimum Gasteiger partial charge on any atom is -0.357 e. The summed E-state index contributed by atoms with van der Waals surface area (Å²) >= 11 is 0. The Labute approximate surface area is 197 Å². The highest BCUT2D eigenvalue weighted by molar-refractivity contribution is 5.91. The number of aromatic nitrogens is 2. The molecule has 0 radical (unpaired) electrons. The SMILES string of the molecule is CCN(CC)c1cc(C)nc(Nc2ccc(NC(=O)CC34CC5CC(CC(C5)C3)C4)cc2)n1. The predicted molar refractivity (Wildman–Crippen MR) is 134 cm³/mol. The highest BCUT2D eigenvalue weighted by Gasteiger charge is 2.51. The Kier molecular flexibility index (Phi) is 6.02. The molecule has 1 aromatic heterocycles. The maximum Gasteiger partial charge on any atom is 0.229 e. The molecule has 2 aromatic rings. The van der Waals surface area contributed by atoms with E-state index in [2.05, 4.69) is 39.3 Å². The van der Waals surface area contributed by atoms with E-state index in [1.54, 1.807) is 0 Å². The summed E-state index contributed by atoms with van der Waals surface area (Å²) in [7, 11) is 0. The zero-order valence-electron chi connectivity index (χ0n) is 20.2. The number of rotatable bonds is 8. The van der Waals surface area contributed by atoms with Crippen LogP contribution in [0, 0.1) is 30.1 Å². The van der Waals surface area contributed by atoms with Gasteiger partial charge in [-0.3, -0.25) is 4.79 Å². The number of nitrogens with zero attached hydrogens (tertiary/aromatic N) is 3. The van der Waals surface area contributed by atoms with Crippen molar-refractivity contribution in [2.24, 2.45) is 23.2 Å².